The van der Waals surface area contributed by atoms with E-state index in [9.17, 15) is 9.59 Å². The SMILES string of the molecule is C=CCC(N)C(=O)N(C)CC(=O)Nc1ccccc1. The van der Waals surface area contributed by atoms with Crippen LogP contribution in [0.1, 0.15) is 6.42 Å². The summed E-state index contributed by atoms with van der Waals surface area (Å²) in [6.07, 6.45) is 1.98. The summed E-state index contributed by atoms with van der Waals surface area (Å²) in [5.74, 6) is -0.532. The minimum absolute atomic E-state index is 0.0292. The highest BCUT2D eigenvalue weighted by molar-refractivity contribution is 5.95. The molecule has 102 valence electrons. The van der Waals surface area contributed by atoms with Crippen molar-refractivity contribution >= 4 is 17.5 Å². The van der Waals surface area contributed by atoms with Gasteiger partial charge in [-0.05, 0) is 18.6 Å². The van der Waals surface area contributed by atoms with Crippen LogP contribution in [-0.2, 0) is 9.59 Å². The molecule has 2 amide bonds. The molecule has 0 heterocycles. The average molecular weight is 261 g/mol. The molecular formula is C14H19N3O2. The molecule has 5 heteroatoms. The number of nitrogens with zero attached hydrogens (tertiary/aromatic N) is 1. The maximum Gasteiger partial charge on any atom is 0.243 e. The van der Waals surface area contributed by atoms with E-state index >= 15 is 0 Å². The lowest BCUT2D eigenvalue weighted by Crippen LogP contribution is -2.44. The third-order valence-electron chi connectivity index (χ3n) is 2.55. The first kappa shape index (κ1) is 14.9. The zero-order valence-electron chi connectivity index (χ0n) is 11.0. The largest absolute Gasteiger partial charge is 0.335 e. The predicted octanol–water partition coefficient (Wildman–Crippen LogP) is 0.987. The average Bonchev–Trinajstić information content (AvgIpc) is 2.39. The molecule has 0 saturated heterocycles. The Morgan fingerprint density at radius 1 is 1.42 bits per heavy atom. The molecule has 0 aromatic heterocycles. The van der Waals surface area contributed by atoms with Crippen molar-refractivity contribution in [2.45, 2.75) is 12.5 Å². The van der Waals surface area contributed by atoms with E-state index in [0.29, 0.717) is 12.1 Å². The van der Waals surface area contributed by atoms with Crippen molar-refractivity contribution in [1.29, 1.82) is 0 Å². The van der Waals surface area contributed by atoms with E-state index in [0.717, 1.165) is 0 Å². The Bertz CT molecular complexity index is 445. The van der Waals surface area contributed by atoms with E-state index in [1.165, 1.54) is 4.90 Å². The molecular weight excluding hydrogens is 242 g/mol. The molecule has 1 aromatic rings. The van der Waals surface area contributed by atoms with Gasteiger partial charge in [0, 0.05) is 12.7 Å². The number of benzene rings is 1. The summed E-state index contributed by atoms with van der Waals surface area (Å²) in [5.41, 5.74) is 6.36. The zero-order chi connectivity index (χ0) is 14.3. The second-order valence-corrected chi connectivity index (χ2v) is 4.24. The van der Waals surface area contributed by atoms with Gasteiger partial charge in [-0.15, -0.1) is 6.58 Å². The van der Waals surface area contributed by atoms with E-state index in [2.05, 4.69) is 11.9 Å². The minimum Gasteiger partial charge on any atom is -0.335 e. The number of hydrogen-bond acceptors (Lipinski definition) is 3. The van der Waals surface area contributed by atoms with Gasteiger partial charge in [-0.2, -0.15) is 0 Å². The number of likely N-dealkylation sites (N-methyl/N-ethyl adjacent to an activating group) is 1. The lowest BCUT2D eigenvalue weighted by Gasteiger charge is -2.20. The molecule has 0 fully saturated rings. The van der Waals surface area contributed by atoms with Crippen LogP contribution in [0.4, 0.5) is 5.69 Å². The summed E-state index contributed by atoms with van der Waals surface area (Å²) in [7, 11) is 1.55. The molecule has 19 heavy (non-hydrogen) atoms. The van der Waals surface area contributed by atoms with Crippen LogP contribution in [0.15, 0.2) is 43.0 Å². The first-order valence-electron chi connectivity index (χ1n) is 6.01. The molecule has 0 aliphatic rings. The number of nitrogens with two attached hydrogens (primary N) is 1. The van der Waals surface area contributed by atoms with E-state index in [-0.39, 0.29) is 18.4 Å². The van der Waals surface area contributed by atoms with E-state index < -0.39 is 6.04 Å². The Labute approximate surface area is 113 Å². The maximum atomic E-state index is 11.8. The molecule has 0 bridgehead atoms. The molecule has 5 nitrogen and oxygen atoms in total. The summed E-state index contributed by atoms with van der Waals surface area (Å²) < 4.78 is 0. The van der Waals surface area contributed by atoms with Crippen LogP contribution in [0.3, 0.4) is 0 Å². The highest BCUT2D eigenvalue weighted by atomic mass is 16.2. The quantitative estimate of drug-likeness (QED) is 0.750. The van der Waals surface area contributed by atoms with Crippen LogP contribution < -0.4 is 11.1 Å². The lowest BCUT2D eigenvalue weighted by molar-refractivity contribution is -0.134. The van der Waals surface area contributed by atoms with Crippen LogP contribution >= 0.6 is 0 Å². The highest BCUT2D eigenvalue weighted by Crippen LogP contribution is 2.05. The van der Waals surface area contributed by atoms with Crippen molar-refractivity contribution < 1.29 is 9.59 Å². The number of hydrogen-bond donors (Lipinski definition) is 2. The van der Waals surface area contributed by atoms with E-state index in [1.54, 1.807) is 25.3 Å². The predicted molar refractivity (Wildman–Crippen MR) is 75.5 cm³/mol. The molecule has 1 aromatic carbocycles. The number of amides is 2. The number of para-hydroxylation sites is 1. The molecule has 0 saturated carbocycles. The van der Waals surface area contributed by atoms with Gasteiger partial charge in [-0.25, -0.2) is 0 Å². The van der Waals surface area contributed by atoms with Crippen molar-refractivity contribution in [3.63, 3.8) is 0 Å². The minimum atomic E-state index is -0.646. The highest BCUT2D eigenvalue weighted by Gasteiger charge is 2.18. The lowest BCUT2D eigenvalue weighted by atomic mass is 10.2. The van der Waals surface area contributed by atoms with E-state index in [4.69, 9.17) is 5.73 Å². The number of anilines is 1. The smallest absolute Gasteiger partial charge is 0.243 e. The Morgan fingerprint density at radius 3 is 2.63 bits per heavy atom. The zero-order valence-corrected chi connectivity index (χ0v) is 11.0. The normalized spacial score (nSPS) is 11.5. The fraction of sp³-hybridized carbons (Fsp3) is 0.286. The molecule has 0 aliphatic carbocycles. The second kappa shape index (κ2) is 7.33. The fourth-order valence-electron chi connectivity index (χ4n) is 1.58. The molecule has 1 unspecified atom stereocenters. The monoisotopic (exact) mass is 261 g/mol. The Kier molecular flexibility index (Phi) is 5.75. The van der Waals surface area contributed by atoms with Crippen LogP contribution in [0, 0.1) is 0 Å². The van der Waals surface area contributed by atoms with Crippen molar-refractivity contribution in [3.8, 4) is 0 Å². The van der Waals surface area contributed by atoms with Crippen molar-refractivity contribution in [2.75, 3.05) is 18.9 Å². The first-order chi connectivity index (χ1) is 9.04. The van der Waals surface area contributed by atoms with Crippen LogP contribution in [0.5, 0.6) is 0 Å². The molecule has 0 radical (unpaired) electrons. The molecule has 1 rings (SSSR count). The maximum absolute atomic E-state index is 11.8. The van der Waals surface area contributed by atoms with E-state index in [1.807, 2.05) is 18.2 Å². The summed E-state index contributed by atoms with van der Waals surface area (Å²) >= 11 is 0. The fourth-order valence-corrected chi connectivity index (χ4v) is 1.58. The molecule has 0 aliphatic heterocycles. The number of rotatable bonds is 6. The third kappa shape index (κ3) is 4.93. The standard InChI is InChI=1S/C14H19N3O2/c1-3-7-12(15)14(19)17(2)10-13(18)16-11-8-5-4-6-9-11/h3-6,8-9,12H,1,7,10,15H2,2H3,(H,16,18). The van der Waals surface area contributed by atoms with Crippen LogP contribution in [0.2, 0.25) is 0 Å². The Morgan fingerprint density at radius 2 is 2.05 bits per heavy atom. The molecule has 3 N–H and O–H groups in total. The van der Waals surface area contributed by atoms with Gasteiger partial charge >= 0.3 is 0 Å². The van der Waals surface area contributed by atoms with Crippen LogP contribution in [0.25, 0.3) is 0 Å². The van der Waals surface area contributed by atoms with Gasteiger partial charge in [0.25, 0.3) is 0 Å². The van der Waals surface area contributed by atoms with Crippen LogP contribution in [-0.4, -0.2) is 36.3 Å². The number of nitrogens with one attached hydrogen (secondary N) is 1. The van der Waals surface area contributed by atoms with Gasteiger partial charge < -0.3 is 16.0 Å². The summed E-state index contributed by atoms with van der Waals surface area (Å²) in [5, 5.41) is 2.70. The Hall–Kier alpha value is -2.14. The number of carbonyl (C=O) groups is 2. The summed E-state index contributed by atoms with van der Waals surface area (Å²) in [6, 6.07) is 8.42. The summed E-state index contributed by atoms with van der Waals surface area (Å²) in [6.45, 7) is 3.50. The molecule has 0 spiro atoms. The first-order valence-corrected chi connectivity index (χ1v) is 6.01. The topological polar surface area (TPSA) is 75.4 Å². The van der Waals surface area contributed by atoms with Gasteiger partial charge in [0.05, 0.1) is 12.6 Å². The van der Waals surface area contributed by atoms with Crippen molar-refractivity contribution in [1.82, 2.24) is 4.90 Å². The molecule has 1 atom stereocenters. The van der Waals surface area contributed by atoms with Crippen molar-refractivity contribution in [2.24, 2.45) is 5.73 Å². The van der Waals surface area contributed by atoms with Crippen molar-refractivity contribution in [3.05, 3.63) is 43.0 Å². The second-order valence-electron chi connectivity index (χ2n) is 4.24. The Balaban J connectivity index is 2.48. The number of carbonyl (C=O) groups excluding carboxylic acids is 2. The van der Waals surface area contributed by atoms with Gasteiger partial charge in [0.2, 0.25) is 11.8 Å². The third-order valence-corrected chi connectivity index (χ3v) is 2.55. The van der Waals surface area contributed by atoms with Gasteiger partial charge in [-0.1, -0.05) is 24.3 Å². The summed E-state index contributed by atoms with van der Waals surface area (Å²) in [4.78, 5) is 24.8. The van der Waals surface area contributed by atoms with Gasteiger partial charge in [0.15, 0.2) is 0 Å². The van der Waals surface area contributed by atoms with Gasteiger partial charge in [-0.3, -0.25) is 9.59 Å². The van der Waals surface area contributed by atoms with Gasteiger partial charge in [0.1, 0.15) is 0 Å².